The number of fused-ring (bicyclic) bond motifs is 1. The van der Waals surface area contributed by atoms with Gasteiger partial charge in [0, 0.05) is 18.3 Å². The van der Waals surface area contributed by atoms with Gasteiger partial charge in [-0.2, -0.15) is 0 Å². The highest BCUT2D eigenvalue weighted by atomic mass is 32.1. The zero-order valence-electron chi connectivity index (χ0n) is 19.1. The Labute approximate surface area is 196 Å². The number of hydrogen-bond acceptors (Lipinski definition) is 6. The number of nitrogens with one attached hydrogen (secondary N) is 1. The van der Waals surface area contributed by atoms with E-state index in [9.17, 15) is 14.4 Å². The summed E-state index contributed by atoms with van der Waals surface area (Å²) in [7, 11) is 0. The standard InChI is InChI=1S/C24H28N4O4S/c1-4-32-18-10-8-17(9-11-18)26-22(30)21-16(3)20-23(33-21)25-14-27(24(20)31)13-19(29)28-12-6-5-7-15(28)2/h8-11,14-15H,4-7,12-13H2,1-3H3,(H,26,30)/t15-/m0/s1. The first kappa shape index (κ1) is 23.0. The molecule has 1 atom stereocenters. The molecule has 1 aromatic carbocycles. The van der Waals surface area contributed by atoms with E-state index in [1.807, 2.05) is 18.7 Å². The number of benzene rings is 1. The number of likely N-dealkylation sites (tertiary alicyclic amines) is 1. The molecule has 33 heavy (non-hydrogen) atoms. The number of aromatic nitrogens is 2. The highest BCUT2D eigenvalue weighted by Gasteiger charge is 2.25. The highest BCUT2D eigenvalue weighted by Crippen LogP contribution is 2.28. The van der Waals surface area contributed by atoms with E-state index >= 15 is 0 Å². The van der Waals surface area contributed by atoms with Gasteiger partial charge < -0.3 is 15.0 Å². The van der Waals surface area contributed by atoms with Crippen molar-refractivity contribution in [3.8, 4) is 5.75 Å². The fraction of sp³-hybridized carbons (Fsp3) is 0.417. The highest BCUT2D eigenvalue weighted by molar-refractivity contribution is 7.20. The van der Waals surface area contributed by atoms with E-state index in [0.29, 0.717) is 33.0 Å². The van der Waals surface area contributed by atoms with Crippen LogP contribution in [0.5, 0.6) is 5.75 Å². The molecule has 2 aromatic heterocycles. The minimum Gasteiger partial charge on any atom is -0.494 e. The first-order valence-electron chi connectivity index (χ1n) is 11.2. The maximum atomic E-state index is 13.2. The number of carbonyl (C=O) groups excluding carboxylic acids is 2. The molecule has 1 N–H and O–H groups in total. The zero-order valence-corrected chi connectivity index (χ0v) is 19.9. The predicted octanol–water partition coefficient (Wildman–Crippen LogP) is 3.82. The number of carbonyl (C=O) groups is 2. The van der Waals surface area contributed by atoms with Crippen LogP contribution in [-0.2, 0) is 11.3 Å². The van der Waals surface area contributed by atoms with Crippen molar-refractivity contribution in [3.05, 3.63) is 51.4 Å². The van der Waals surface area contributed by atoms with E-state index in [0.717, 1.165) is 31.6 Å². The Bertz CT molecular complexity index is 1230. The number of amides is 2. The molecule has 4 rings (SSSR count). The van der Waals surface area contributed by atoms with Gasteiger partial charge in [-0.05, 0) is 69.9 Å². The van der Waals surface area contributed by atoms with E-state index in [4.69, 9.17) is 4.74 Å². The molecule has 0 aliphatic carbocycles. The Hall–Kier alpha value is -3.20. The van der Waals surface area contributed by atoms with Gasteiger partial charge in [-0.25, -0.2) is 4.98 Å². The van der Waals surface area contributed by atoms with E-state index in [1.165, 1.54) is 22.2 Å². The molecule has 9 heteroatoms. The molecule has 174 valence electrons. The van der Waals surface area contributed by atoms with E-state index < -0.39 is 0 Å². The van der Waals surface area contributed by atoms with Gasteiger partial charge in [0.25, 0.3) is 11.5 Å². The SMILES string of the molecule is CCOc1ccc(NC(=O)c2sc3ncn(CC(=O)N4CCCC[C@@H]4C)c(=O)c3c2C)cc1. The molecule has 0 unspecified atom stereocenters. The average molecular weight is 469 g/mol. The van der Waals surface area contributed by atoms with Crippen molar-refractivity contribution in [1.29, 1.82) is 0 Å². The fourth-order valence-corrected chi connectivity index (χ4v) is 5.22. The summed E-state index contributed by atoms with van der Waals surface area (Å²) in [6, 6.07) is 7.29. The van der Waals surface area contributed by atoms with Crippen LogP contribution in [0.25, 0.3) is 10.2 Å². The number of rotatable bonds is 6. The van der Waals surface area contributed by atoms with Gasteiger partial charge in [0.2, 0.25) is 5.91 Å². The topological polar surface area (TPSA) is 93.5 Å². The van der Waals surface area contributed by atoms with Gasteiger partial charge in [-0.1, -0.05) is 0 Å². The number of anilines is 1. The number of piperidine rings is 1. The number of thiophene rings is 1. The smallest absolute Gasteiger partial charge is 0.266 e. The quantitative estimate of drug-likeness (QED) is 0.594. The lowest BCUT2D eigenvalue weighted by atomic mass is 10.0. The summed E-state index contributed by atoms with van der Waals surface area (Å²) in [5.41, 5.74) is 0.905. The van der Waals surface area contributed by atoms with Crippen LogP contribution in [0.1, 0.15) is 48.3 Å². The van der Waals surface area contributed by atoms with Gasteiger partial charge in [0.1, 0.15) is 17.1 Å². The molecule has 3 heterocycles. The Morgan fingerprint density at radius 2 is 2.00 bits per heavy atom. The second-order valence-corrected chi connectivity index (χ2v) is 9.26. The third kappa shape index (κ3) is 4.78. The van der Waals surface area contributed by atoms with Crippen molar-refractivity contribution < 1.29 is 14.3 Å². The molecule has 1 aliphatic heterocycles. The molecule has 1 fully saturated rings. The third-order valence-electron chi connectivity index (χ3n) is 5.98. The molecule has 8 nitrogen and oxygen atoms in total. The second-order valence-electron chi connectivity index (χ2n) is 8.26. The maximum absolute atomic E-state index is 13.2. The summed E-state index contributed by atoms with van der Waals surface area (Å²) in [6.45, 7) is 6.94. The van der Waals surface area contributed by atoms with Crippen molar-refractivity contribution in [3.63, 3.8) is 0 Å². The summed E-state index contributed by atoms with van der Waals surface area (Å²) >= 11 is 1.18. The van der Waals surface area contributed by atoms with Gasteiger partial charge in [-0.15, -0.1) is 11.3 Å². The van der Waals surface area contributed by atoms with Crippen LogP contribution < -0.4 is 15.6 Å². The zero-order chi connectivity index (χ0) is 23.5. The van der Waals surface area contributed by atoms with E-state index in [1.54, 1.807) is 31.2 Å². The predicted molar refractivity (Wildman–Crippen MR) is 129 cm³/mol. The molecule has 0 saturated carbocycles. The summed E-state index contributed by atoms with van der Waals surface area (Å²) in [4.78, 5) is 46.0. The van der Waals surface area contributed by atoms with Crippen LogP contribution in [0.15, 0.2) is 35.4 Å². The van der Waals surface area contributed by atoms with Gasteiger partial charge in [0.05, 0.1) is 23.2 Å². The number of aryl methyl sites for hydroxylation is 1. The lowest BCUT2D eigenvalue weighted by molar-refractivity contribution is -0.135. The van der Waals surface area contributed by atoms with Crippen LogP contribution in [-0.4, -0.2) is 45.5 Å². The molecular weight excluding hydrogens is 440 g/mol. The Morgan fingerprint density at radius 1 is 1.24 bits per heavy atom. The van der Waals surface area contributed by atoms with Crippen molar-refractivity contribution in [2.75, 3.05) is 18.5 Å². The average Bonchev–Trinajstić information content (AvgIpc) is 3.14. The van der Waals surface area contributed by atoms with Crippen LogP contribution >= 0.6 is 11.3 Å². The van der Waals surface area contributed by atoms with Crippen molar-refractivity contribution in [2.45, 2.75) is 52.6 Å². The van der Waals surface area contributed by atoms with Crippen molar-refractivity contribution in [1.82, 2.24) is 14.5 Å². The van der Waals surface area contributed by atoms with E-state index in [2.05, 4.69) is 10.3 Å². The van der Waals surface area contributed by atoms with Crippen molar-refractivity contribution in [2.24, 2.45) is 0 Å². The molecule has 2 amide bonds. The van der Waals surface area contributed by atoms with Crippen LogP contribution in [0.2, 0.25) is 0 Å². The summed E-state index contributed by atoms with van der Waals surface area (Å²) in [5.74, 6) is 0.349. The lowest BCUT2D eigenvalue weighted by Gasteiger charge is -2.33. The van der Waals surface area contributed by atoms with Crippen LogP contribution in [0.3, 0.4) is 0 Å². The molecule has 3 aromatic rings. The van der Waals surface area contributed by atoms with E-state index in [-0.39, 0.29) is 30.0 Å². The fourth-order valence-electron chi connectivity index (χ4n) is 4.18. The van der Waals surface area contributed by atoms with Crippen LogP contribution in [0.4, 0.5) is 5.69 Å². The van der Waals surface area contributed by atoms with Crippen LogP contribution in [0, 0.1) is 6.92 Å². The summed E-state index contributed by atoms with van der Waals surface area (Å²) in [5, 5.41) is 3.25. The number of hydrogen-bond donors (Lipinski definition) is 1. The number of nitrogens with zero attached hydrogens (tertiary/aromatic N) is 3. The Morgan fingerprint density at radius 3 is 2.70 bits per heavy atom. The summed E-state index contributed by atoms with van der Waals surface area (Å²) < 4.78 is 6.77. The monoisotopic (exact) mass is 468 g/mol. The summed E-state index contributed by atoms with van der Waals surface area (Å²) in [6.07, 6.45) is 4.49. The molecular formula is C24H28N4O4S. The minimum absolute atomic E-state index is 0.0465. The first-order valence-corrected chi connectivity index (χ1v) is 12.0. The molecule has 0 bridgehead atoms. The number of ether oxygens (including phenoxy) is 1. The second kappa shape index (κ2) is 9.74. The Kier molecular flexibility index (Phi) is 6.78. The normalized spacial score (nSPS) is 16.1. The van der Waals surface area contributed by atoms with Crippen molar-refractivity contribution >= 4 is 39.1 Å². The molecule has 0 spiro atoms. The largest absolute Gasteiger partial charge is 0.494 e. The first-order chi connectivity index (χ1) is 15.9. The molecule has 1 saturated heterocycles. The lowest BCUT2D eigenvalue weighted by Crippen LogP contribution is -2.44. The molecule has 1 aliphatic rings. The molecule has 0 radical (unpaired) electrons. The minimum atomic E-state index is -0.302. The van der Waals surface area contributed by atoms with Gasteiger partial charge in [0.15, 0.2) is 0 Å². The Balaban J connectivity index is 1.55. The third-order valence-corrected chi connectivity index (χ3v) is 7.17. The van der Waals surface area contributed by atoms with Gasteiger partial charge in [-0.3, -0.25) is 19.0 Å². The van der Waals surface area contributed by atoms with Gasteiger partial charge >= 0.3 is 0 Å². The maximum Gasteiger partial charge on any atom is 0.266 e.